The number of nitrogens with zero attached hydrogens (tertiary/aromatic N) is 4. The highest BCUT2D eigenvalue weighted by Gasteiger charge is 2.52. The lowest BCUT2D eigenvalue weighted by Crippen LogP contribution is -2.51. The van der Waals surface area contributed by atoms with Gasteiger partial charge in [0, 0.05) is 32.7 Å². The van der Waals surface area contributed by atoms with Crippen molar-refractivity contribution in [2.45, 2.75) is 58.2 Å². The largest absolute Gasteiger partial charge is 0.494 e. The molecule has 0 atom stereocenters. The van der Waals surface area contributed by atoms with Crippen LogP contribution in [0.2, 0.25) is 0 Å². The molecule has 1 saturated heterocycles. The zero-order valence-corrected chi connectivity index (χ0v) is 28.4. The Balaban J connectivity index is 0.954. The molecule has 2 heterocycles. The third-order valence-electron chi connectivity index (χ3n) is 10.7. The first-order valence-electron chi connectivity index (χ1n) is 17.2. The van der Waals surface area contributed by atoms with E-state index in [2.05, 4.69) is 19.8 Å². The van der Waals surface area contributed by atoms with Crippen LogP contribution >= 0.6 is 0 Å². The van der Waals surface area contributed by atoms with Crippen LogP contribution < -0.4 is 14.4 Å². The van der Waals surface area contributed by atoms with Crippen LogP contribution in [0.15, 0.2) is 54.6 Å². The summed E-state index contributed by atoms with van der Waals surface area (Å²) in [6.45, 7) is 4.94. The number of piperazine rings is 1. The van der Waals surface area contributed by atoms with Gasteiger partial charge in [0.2, 0.25) is 10.0 Å². The van der Waals surface area contributed by atoms with Crippen LogP contribution in [0.4, 0.5) is 19.0 Å². The molecule has 5 aliphatic rings. The van der Waals surface area contributed by atoms with E-state index in [9.17, 15) is 26.4 Å². The Morgan fingerprint density at radius 2 is 1.61 bits per heavy atom. The first-order valence-corrected chi connectivity index (χ1v) is 18.8. The summed E-state index contributed by atoms with van der Waals surface area (Å²) in [5, 5.41) is 8.26. The number of aromatic nitrogens is 2. The summed E-state index contributed by atoms with van der Waals surface area (Å²) in [7, 11) is -3.84. The normalized spacial score (nSPS) is 25.4. The first kappa shape index (κ1) is 33.8. The minimum absolute atomic E-state index is 0.0199. The smallest absolute Gasteiger partial charge is 0.416 e. The minimum Gasteiger partial charge on any atom is -0.494 e. The number of ether oxygens (including phenoxy) is 1. The molecule has 3 aromatic rings. The van der Waals surface area contributed by atoms with Crippen LogP contribution in [-0.4, -0.2) is 68.0 Å². The van der Waals surface area contributed by atoms with Crippen molar-refractivity contribution in [1.29, 1.82) is 0 Å². The van der Waals surface area contributed by atoms with Crippen molar-refractivity contribution in [2.75, 3.05) is 43.4 Å². The Kier molecular flexibility index (Phi) is 9.10. The van der Waals surface area contributed by atoms with E-state index in [4.69, 9.17) is 4.74 Å². The van der Waals surface area contributed by atoms with Crippen molar-refractivity contribution in [3.63, 3.8) is 0 Å². The van der Waals surface area contributed by atoms with E-state index in [1.165, 1.54) is 37.5 Å². The molecule has 1 aromatic heterocycles. The highest BCUT2D eigenvalue weighted by atomic mass is 32.2. The molecule has 4 saturated carbocycles. The summed E-state index contributed by atoms with van der Waals surface area (Å²) >= 11 is 0. The quantitative estimate of drug-likeness (QED) is 0.269. The van der Waals surface area contributed by atoms with Crippen LogP contribution in [0.25, 0.3) is 11.1 Å². The van der Waals surface area contributed by atoms with Crippen LogP contribution in [0, 0.1) is 23.2 Å². The fourth-order valence-electron chi connectivity index (χ4n) is 9.15. The van der Waals surface area contributed by atoms with Crippen molar-refractivity contribution < 1.29 is 31.1 Å². The van der Waals surface area contributed by atoms with Gasteiger partial charge in [-0.25, -0.2) is 13.1 Å². The van der Waals surface area contributed by atoms with Gasteiger partial charge in [-0.3, -0.25) is 9.69 Å². The molecular formula is C36H42F3N5O4S. The van der Waals surface area contributed by atoms with E-state index in [0.717, 1.165) is 19.3 Å². The van der Waals surface area contributed by atoms with Gasteiger partial charge >= 0.3 is 6.18 Å². The highest BCUT2D eigenvalue weighted by molar-refractivity contribution is 7.90. The van der Waals surface area contributed by atoms with Crippen LogP contribution in [0.1, 0.15) is 67.1 Å². The number of anilines is 1. The molecule has 2 aromatic carbocycles. The second-order valence-corrected chi connectivity index (χ2v) is 16.2. The summed E-state index contributed by atoms with van der Waals surface area (Å²) in [6.07, 6.45) is 1.95. The molecular weight excluding hydrogens is 655 g/mol. The molecule has 1 amide bonds. The summed E-state index contributed by atoms with van der Waals surface area (Å²) < 4.78 is 75.7. The molecule has 1 aliphatic heterocycles. The van der Waals surface area contributed by atoms with Crippen LogP contribution in [-0.2, 0) is 22.7 Å². The maximum absolute atomic E-state index is 13.9. The minimum atomic E-state index is -4.48. The number of halogens is 3. The number of nitrogens with one attached hydrogen (secondary N) is 1. The topological polar surface area (TPSA) is 105 Å². The van der Waals surface area contributed by atoms with Gasteiger partial charge in [-0.15, -0.1) is 10.2 Å². The molecule has 8 rings (SSSR count). The van der Waals surface area contributed by atoms with E-state index in [0.29, 0.717) is 85.3 Å². The monoisotopic (exact) mass is 697 g/mol. The van der Waals surface area contributed by atoms with Crippen molar-refractivity contribution in [1.82, 2.24) is 19.8 Å². The molecule has 5 fully saturated rings. The van der Waals surface area contributed by atoms with Gasteiger partial charge in [0.15, 0.2) is 11.5 Å². The molecule has 0 radical (unpaired) electrons. The Morgan fingerprint density at radius 3 is 2.22 bits per heavy atom. The SMILES string of the molecule is CCOc1cccc(-c2cc(CN3CCN(c4ccc(C(=O)NS(=O)(=O)CC56CC7CC(CC(C7)C5)C6)nn4)CC3)cc(C(F)(F)F)c2)c1. The van der Waals surface area contributed by atoms with E-state index in [1.807, 2.05) is 11.8 Å². The predicted octanol–water partition coefficient (Wildman–Crippen LogP) is 6.16. The maximum atomic E-state index is 13.9. The summed E-state index contributed by atoms with van der Waals surface area (Å²) in [5.74, 6) is 2.18. The van der Waals surface area contributed by atoms with Gasteiger partial charge in [0.05, 0.1) is 17.9 Å². The fourth-order valence-corrected chi connectivity index (χ4v) is 10.8. The molecule has 1 N–H and O–H groups in total. The number of carbonyl (C=O) groups is 1. The summed E-state index contributed by atoms with van der Waals surface area (Å²) in [5.41, 5.74) is 0.707. The van der Waals surface area contributed by atoms with Crippen molar-refractivity contribution >= 4 is 21.7 Å². The van der Waals surface area contributed by atoms with Crippen molar-refractivity contribution in [2.24, 2.45) is 23.2 Å². The van der Waals surface area contributed by atoms with Gasteiger partial charge in [-0.2, -0.15) is 13.2 Å². The van der Waals surface area contributed by atoms with Gasteiger partial charge in [0.1, 0.15) is 5.75 Å². The van der Waals surface area contributed by atoms with E-state index >= 15 is 0 Å². The Hall–Kier alpha value is -3.71. The Morgan fingerprint density at radius 1 is 0.918 bits per heavy atom. The third kappa shape index (κ3) is 7.72. The molecule has 0 spiro atoms. The number of amides is 1. The fraction of sp³-hybridized carbons (Fsp3) is 0.528. The summed E-state index contributed by atoms with van der Waals surface area (Å²) in [4.78, 5) is 17.0. The lowest BCUT2D eigenvalue weighted by Gasteiger charge is -2.56. The first-order chi connectivity index (χ1) is 23.4. The highest BCUT2D eigenvalue weighted by Crippen LogP contribution is 2.60. The number of hydrogen-bond donors (Lipinski definition) is 1. The number of hydrogen-bond acceptors (Lipinski definition) is 8. The number of benzene rings is 2. The zero-order valence-electron chi connectivity index (χ0n) is 27.6. The average Bonchev–Trinajstić information content (AvgIpc) is 3.03. The molecule has 4 aliphatic carbocycles. The Bertz CT molecular complexity index is 1760. The Labute approximate surface area is 285 Å². The lowest BCUT2D eigenvalue weighted by atomic mass is 9.50. The second-order valence-electron chi connectivity index (χ2n) is 14.5. The molecule has 49 heavy (non-hydrogen) atoms. The lowest BCUT2D eigenvalue weighted by molar-refractivity contribution is -0.137. The van der Waals surface area contributed by atoms with E-state index in [-0.39, 0.29) is 16.9 Å². The van der Waals surface area contributed by atoms with Gasteiger partial charge in [0.25, 0.3) is 5.91 Å². The zero-order chi connectivity index (χ0) is 34.4. The van der Waals surface area contributed by atoms with Gasteiger partial charge in [-0.1, -0.05) is 12.1 Å². The summed E-state index contributed by atoms with van der Waals surface area (Å²) in [6, 6.07) is 14.4. The molecule has 9 nitrogen and oxygen atoms in total. The molecule has 13 heteroatoms. The number of rotatable bonds is 10. The number of sulfonamides is 1. The van der Waals surface area contributed by atoms with Crippen molar-refractivity contribution in [3.05, 3.63) is 71.4 Å². The predicted molar refractivity (Wildman–Crippen MR) is 179 cm³/mol. The molecule has 0 unspecified atom stereocenters. The number of carbonyl (C=O) groups excluding carboxylic acids is 1. The van der Waals surface area contributed by atoms with Gasteiger partial charge in [-0.05, 0) is 128 Å². The molecule has 262 valence electrons. The third-order valence-corrected chi connectivity index (χ3v) is 12.2. The van der Waals surface area contributed by atoms with Crippen molar-refractivity contribution in [3.8, 4) is 16.9 Å². The van der Waals surface area contributed by atoms with Crippen LogP contribution in [0.5, 0.6) is 5.75 Å². The maximum Gasteiger partial charge on any atom is 0.416 e. The van der Waals surface area contributed by atoms with Crippen LogP contribution in [0.3, 0.4) is 0 Å². The van der Waals surface area contributed by atoms with E-state index < -0.39 is 27.7 Å². The standard InChI is InChI=1S/C36H42F3N5O4S/c1-2-48-31-5-3-4-28(18-31)29-15-27(16-30(17-29)36(37,38)39)22-43-8-10-44(11-9-43)33-7-6-32(40-41-33)34(45)42-49(46,47)23-35-19-24-12-25(20-35)14-26(13-24)21-35/h3-7,15-18,24-26H,2,8-14,19-23H2,1H3,(H,42,45). The average molecular weight is 698 g/mol. The molecule has 4 bridgehead atoms. The van der Waals surface area contributed by atoms with E-state index in [1.54, 1.807) is 36.4 Å². The second kappa shape index (κ2) is 13.2. The number of alkyl halides is 3. The van der Waals surface area contributed by atoms with Gasteiger partial charge < -0.3 is 9.64 Å².